The number of carbonyl (C=O) groups excluding carboxylic acids is 2. The number of likely N-dealkylation sites (tertiary alicyclic amines) is 2. The fraction of sp³-hybridized carbons (Fsp3) is 0.583. The van der Waals surface area contributed by atoms with Crippen LogP contribution in [0.2, 0.25) is 0 Å². The van der Waals surface area contributed by atoms with Gasteiger partial charge in [-0.1, -0.05) is 37.6 Å². The van der Waals surface area contributed by atoms with Gasteiger partial charge in [0.25, 0.3) is 0 Å². The van der Waals surface area contributed by atoms with Gasteiger partial charge in [-0.25, -0.2) is 0 Å². The number of fused-ring (bicyclic) bond motifs is 1. The molecule has 3 aliphatic rings. The Labute approximate surface area is 268 Å². The second kappa shape index (κ2) is 14.3. The van der Waals surface area contributed by atoms with Gasteiger partial charge in [-0.3, -0.25) is 19.3 Å². The van der Waals surface area contributed by atoms with Crippen molar-refractivity contribution in [3.8, 4) is 5.75 Å². The second-order valence-electron chi connectivity index (χ2n) is 14.1. The van der Waals surface area contributed by atoms with Crippen LogP contribution in [0.15, 0.2) is 42.5 Å². The lowest BCUT2D eigenvalue weighted by atomic mass is 9.83. The molecule has 3 heterocycles. The monoisotopic (exact) mass is 619 g/mol. The van der Waals surface area contributed by atoms with Gasteiger partial charge in [0.05, 0.1) is 40.2 Å². The predicted molar refractivity (Wildman–Crippen MR) is 175 cm³/mol. The molecule has 1 N–H and O–H groups in total. The molecule has 244 valence electrons. The van der Waals surface area contributed by atoms with E-state index in [0.29, 0.717) is 45.6 Å². The lowest BCUT2D eigenvalue weighted by Gasteiger charge is -2.33. The molecule has 3 atom stereocenters. The molecule has 9 heteroatoms. The molecule has 2 fully saturated rings. The van der Waals surface area contributed by atoms with Gasteiger partial charge in [0.15, 0.2) is 0 Å². The van der Waals surface area contributed by atoms with Gasteiger partial charge in [-0.15, -0.1) is 0 Å². The summed E-state index contributed by atoms with van der Waals surface area (Å²) in [6, 6.07) is 13.9. The van der Waals surface area contributed by atoms with E-state index in [1.54, 1.807) is 0 Å². The lowest BCUT2D eigenvalue weighted by molar-refractivity contribution is -0.884. The van der Waals surface area contributed by atoms with Gasteiger partial charge >= 0.3 is 5.97 Å². The summed E-state index contributed by atoms with van der Waals surface area (Å²) in [5.74, 6) is -0.803. The molecule has 0 spiro atoms. The number of quaternary nitrogens is 1. The molecular formula is C36H51N4O5+. The number of amides is 2. The van der Waals surface area contributed by atoms with Crippen LogP contribution in [-0.2, 0) is 27.3 Å². The van der Waals surface area contributed by atoms with Crippen LogP contribution >= 0.6 is 0 Å². The van der Waals surface area contributed by atoms with Crippen LogP contribution in [0.4, 0.5) is 5.69 Å². The first-order valence-corrected chi connectivity index (χ1v) is 16.7. The Hall–Kier alpha value is -3.43. The lowest BCUT2D eigenvalue weighted by Crippen LogP contribution is -2.46. The number of nitrogens with zero attached hydrogens (tertiary/aromatic N) is 4. The molecular weight excluding hydrogens is 568 g/mol. The number of hydrogen-bond acceptors (Lipinski definition) is 5. The standard InChI is InChI=1S/C36H50N4O5/c1-5-6-18-39(29-11-9-10-26(21-29)25-40(2,3)4)34(42)24-38-23-30(27-13-14-32-28(22-27)16-20-45-32)35(36(43)44)31(38)15-19-37-17-8-7-12-33(37)41/h9-11,13-14,21-22,30-31,35H,5-8,12,15-20,23-25H2,1-4H3/p+1. The molecule has 0 saturated carbocycles. The minimum Gasteiger partial charge on any atom is -0.493 e. The van der Waals surface area contributed by atoms with Gasteiger partial charge in [-0.2, -0.15) is 0 Å². The quantitative estimate of drug-likeness (QED) is 0.332. The third-order valence-corrected chi connectivity index (χ3v) is 9.55. The van der Waals surface area contributed by atoms with E-state index in [1.165, 1.54) is 5.56 Å². The molecule has 45 heavy (non-hydrogen) atoms. The van der Waals surface area contributed by atoms with E-state index in [0.717, 1.165) is 65.7 Å². The highest BCUT2D eigenvalue weighted by Crippen LogP contribution is 2.41. The molecule has 0 bridgehead atoms. The van der Waals surface area contributed by atoms with Gasteiger partial charge in [-0.05, 0) is 55.0 Å². The molecule has 0 aliphatic carbocycles. The zero-order chi connectivity index (χ0) is 32.1. The topological polar surface area (TPSA) is 90.4 Å². The maximum Gasteiger partial charge on any atom is 0.308 e. The van der Waals surface area contributed by atoms with Crippen molar-refractivity contribution in [3.63, 3.8) is 0 Å². The number of carbonyl (C=O) groups is 3. The van der Waals surface area contributed by atoms with Crippen LogP contribution in [-0.4, -0.2) is 104 Å². The Balaban J connectivity index is 1.43. The number of aliphatic carboxylic acids is 1. The first-order valence-electron chi connectivity index (χ1n) is 16.7. The molecule has 2 aromatic rings. The van der Waals surface area contributed by atoms with E-state index < -0.39 is 11.9 Å². The third kappa shape index (κ3) is 8.05. The third-order valence-electron chi connectivity index (χ3n) is 9.55. The highest BCUT2D eigenvalue weighted by atomic mass is 16.5. The summed E-state index contributed by atoms with van der Waals surface area (Å²) < 4.78 is 6.51. The van der Waals surface area contributed by atoms with Crippen LogP contribution in [0.5, 0.6) is 5.75 Å². The van der Waals surface area contributed by atoms with E-state index >= 15 is 0 Å². The number of rotatable bonds is 13. The Morgan fingerprint density at radius 3 is 2.64 bits per heavy atom. The number of ether oxygens (including phenoxy) is 1. The zero-order valence-electron chi connectivity index (χ0n) is 27.5. The SMILES string of the molecule is CCCCN(C(=O)CN1CC(c2ccc3c(c2)CCO3)C(C(=O)O)C1CCN1CCCCC1=O)c1cccc(C[N+](C)(C)C)c1. The summed E-state index contributed by atoms with van der Waals surface area (Å²) in [7, 11) is 6.46. The minimum absolute atomic E-state index is 0.0166. The Bertz CT molecular complexity index is 1370. The van der Waals surface area contributed by atoms with Gasteiger partial charge in [0.1, 0.15) is 12.3 Å². The molecule has 0 aromatic heterocycles. The molecule has 5 rings (SSSR count). The van der Waals surface area contributed by atoms with Crippen LogP contribution in [0.3, 0.4) is 0 Å². The minimum atomic E-state index is -0.850. The number of unbranched alkanes of at least 4 members (excludes halogenated alkanes) is 1. The number of carboxylic acid groups (broad SMARTS) is 1. The van der Waals surface area contributed by atoms with Gasteiger partial charge < -0.3 is 24.1 Å². The Kier molecular flexibility index (Phi) is 10.5. The number of benzene rings is 2. The molecule has 3 aliphatic heterocycles. The van der Waals surface area contributed by atoms with Crippen molar-refractivity contribution in [2.45, 2.75) is 70.4 Å². The van der Waals surface area contributed by atoms with Crippen molar-refractivity contribution >= 4 is 23.5 Å². The number of carboxylic acids is 1. The van der Waals surface area contributed by atoms with Crippen molar-refractivity contribution in [2.75, 3.05) is 65.4 Å². The van der Waals surface area contributed by atoms with Crippen molar-refractivity contribution in [1.82, 2.24) is 9.80 Å². The number of hydrogen-bond donors (Lipinski definition) is 1. The second-order valence-corrected chi connectivity index (χ2v) is 14.1. The summed E-state index contributed by atoms with van der Waals surface area (Å²) in [5, 5.41) is 10.6. The summed E-state index contributed by atoms with van der Waals surface area (Å²) in [6.45, 7) is 6.06. The largest absolute Gasteiger partial charge is 0.493 e. The van der Waals surface area contributed by atoms with Crippen molar-refractivity contribution in [3.05, 3.63) is 59.2 Å². The molecule has 2 amide bonds. The average molecular weight is 620 g/mol. The molecule has 9 nitrogen and oxygen atoms in total. The smallest absolute Gasteiger partial charge is 0.308 e. The van der Waals surface area contributed by atoms with Crippen molar-refractivity contribution in [1.29, 1.82) is 0 Å². The zero-order valence-corrected chi connectivity index (χ0v) is 27.5. The predicted octanol–water partition coefficient (Wildman–Crippen LogP) is 4.53. The fourth-order valence-corrected chi connectivity index (χ4v) is 7.36. The van der Waals surface area contributed by atoms with E-state index in [2.05, 4.69) is 51.2 Å². The van der Waals surface area contributed by atoms with Crippen LogP contribution in [0.25, 0.3) is 0 Å². The first-order chi connectivity index (χ1) is 21.5. The normalized spacial score (nSPS) is 21.9. The van der Waals surface area contributed by atoms with Crippen LogP contribution in [0.1, 0.15) is 68.1 Å². The number of anilines is 1. The van der Waals surface area contributed by atoms with Gasteiger partial charge in [0, 0.05) is 62.2 Å². The van der Waals surface area contributed by atoms with E-state index in [1.807, 2.05) is 34.1 Å². The van der Waals surface area contributed by atoms with Crippen LogP contribution in [0, 0.1) is 5.92 Å². The van der Waals surface area contributed by atoms with Crippen molar-refractivity contribution in [2.24, 2.45) is 5.92 Å². The Morgan fingerprint density at radius 1 is 1.09 bits per heavy atom. The number of piperidine rings is 1. The summed E-state index contributed by atoms with van der Waals surface area (Å²) >= 11 is 0. The maximum absolute atomic E-state index is 14.2. The fourth-order valence-electron chi connectivity index (χ4n) is 7.36. The summed E-state index contributed by atoms with van der Waals surface area (Å²) in [5.41, 5.74) is 4.16. The highest BCUT2D eigenvalue weighted by Gasteiger charge is 2.47. The van der Waals surface area contributed by atoms with Gasteiger partial charge in [0.2, 0.25) is 11.8 Å². The van der Waals surface area contributed by atoms with Crippen LogP contribution < -0.4 is 9.64 Å². The first kappa shape index (κ1) is 32.9. The summed E-state index contributed by atoms with van der Waals surface area (Å²) in [6.07, 6.45) is 5.61. The Morgan fingerprint density at radius 2 is 1.91 bits per heavy atom. The molecule has 0 radical (unpaired) electrons. The molecule has 3 unspecified atom stereocenters. The summed E-state index contributed by atoms with van der Waals surface area (Å²) in [4.78, 5) is 45.8. The highest BCUT2D eigenvalue weighted by molar-refractivity contribution is 5.95. The maximum atomic E-state index is 14.2. The average Bonchev–Trinajstić information content (AvgIpc) is 3.60. The van der Waals surface area contributed by atoms with E-state index in [9.17, 15) is 19.5 Å². The molecule has 2 aromatic carbocycles. The van der Waals surface area contributed by atoms with E-state index in [4.69, 9.17) is 4.74 Å². The molecule has 2 saturated heterocycles. The van der Waals surface area contributed by atoms with E-state index in [-0.39, 0.29) is 30.3 Å². The van der Waals surface area contributed by atoms with Crippen molar-refractivity contribution < 1.29 is 28.7 Å².